The molecule has 0 spiro atoms. The molecule has 0 unspecified atom stereocenters. The highest BCUT2D eigenvalue weighted by molar-refractivity contribution is 7.89. The third kappa shape index (κ3) is 3.82. The number of benzene rings is 1. The fourth-order valence-electron chi connectivity index (χ4n) is 4.54. The summed E-state index contributed by atoms with van der Waals surface area (Å²) in [5, 5.41) is 0. The van der Waals surface area contributed by atoms with Crippen molar-refractivity contribution in [1.82, 2.24) is 9.21 Å². The SMILES string of the molecule is Cc1cc(S(=O)(=O)N2CCN(C(=O)C3(c4ccccc4)CCOCC3)CC2)c(C)s1. The molecule has 30 heavy (non-hydrogen) atoms. The molecule has 0 radical (unpaired) electrons. The van der Waals surface area contributed by atoms with Crippen molar-refractivity contribution in [2.24, 2.45) is 0 Å². The molecule has 2 aliphatic rings. The van der Waals surface area contributed by atoms with Gasteiger partial charge in [-0.2, -0.15) is 4.31 Å². The van der Waals surface area contributed by atoms with E-state index in [1.165, 1.54) is 15.6 Å². The Labute approximate surface area is 182 Å². The maximum absolute atomic E-state index is 13.7. The first-order valence-electron chi connectivity index (χ1n) is 10.3. The lowest BCUT2D eigenvalue weighted by molar-refractivity contribution is -0.142. The molecule has 6 nitrogen and oxygen atoms in total. The van der Waals surface area contributed by atoms with Gasteiger partial charge >= 0.3 is 0 Å². The second-order valence-corrected chi connectivity index (χ2v) is 11.4. The molecule has 0 saturated carbocycles. The molecule has 8 heteroatoms. The quantitative estimate of drug-likeness (QED) is 0.721. The van der Waals surface area contributed by atoms with Crippen molar-refractivity contribution in [3.63, 3.8) is 0 Å². The number of thiophene rings is 1. The number of sulfonamides is 1. The van der Waals surface area contributed by atoms with Gasteiger partial charge in [-0.1, -0.05) is 30.3 Å². The zero-order valence-electron chi connectivity index (χ0n) is 17.5. The standard InChI is InChI=1S/C22H28N2O4S2/c1-17-16-20(18(2)29-17)30(26,27)24-12-10-23(11-13-24)21(25)22(8-14-28-15-9-22)19-6-4-3-5-7-19/h3-7,16H,8-15H2,1-2H3. The van der Waals surface area contributed by atoms with Crippen LogP contribution in [0.3, 0.4) is 0 Å². The molecule has 1 aromatic heterocycles. The average Bonchev–Trinajstić information content (AvgIpc) is 3.13. The Balaban J connectivity index is 1.52. The van der Waals surface area contributed by atoms with Crippen LogP contribution >= 0.6 is 11.3 Å². The van der Waals surface area contributed by atoms with Gasteiger partial charge in [0, 0.05) is 49.1 Å². The van der Waals surface area contributed by atoms with Crippen LogP contribution in [0.5, 0.6) is 0 Å². The molecule has 1 aromatic carbocycles. The van der Waals surface area contributed by atoms with Gasteiger partial charge in [-0.15, -0.1) is 11.3 Å². The van der Waals surface area contributed by atoms with E-state index in [2.05, 4.69) is 0 Å². The van der Waals surface area contributed by atoms with Gasteiger partial charge in [-0.3, -0.25) is 4.79 Å². The summed E-state index contributed by atoms with van der Waals surface area (Å²) >= 11 is 1.50. The highest BCUT2D eigenvalue weighted by atomic mass is 32.2. The van der Waals surface area contributed by atoms with Gasteiger partial charge < -0.3 is 9.64 Å². The first kappa shape index (κ1) is 21.5. The van der Waals surface area contributed by atoms with E-state index in [1.54, 1.807) is 6.07 Å². The Hall–Kier alpha value is -1.74. The summed E-state index contributed by atoms with van der Waals surface area (Å²) in [6.45, 7) is 6.36. The predicted octanol–water partition coefficient (Wildman–Crippen LogP) is 2.95. The van der Waals surface area contributed by atoms with E-state index in [-0.39, 0.29) is 5.91 Å². The first-order chi connectivity index (χ1) is 14.3. The van der Waals surface area contributed by atoms with Crippen molar-refractivity contribution in [3.8, 4) is 0 Å². The average molecular weight is 449 g/mol. The Morgan fingerprint density at radius 1 is 1.03 bits per heavy atom. The molecule has 162 valence electrons. The Bertz CT molecular complexity index is 1000. The Morgan fingerprint density at radius 3 is 2.23 bits per heavy atom. The summed E-state index contributed by atoms with van der Waals surface area (Å²) in [5.41, 5.74) is 0.444. The molecule has 1 amide bonds. The van der Waals surface area contributed by atoms with Crippen LogP contribution in [0, 0.1) is 13.8 Å². The number of amides is 1. The number of piperazine rings is 1. The fraction of sp³-hybridized carbons (Fsp3) is 0.500. The molecule has 0 bridgehead atoms. The van der Waals surface area contributed by atoms with Crippen LogP contribution in [0.15, 0.2) is 41.3 Å². The summed E-state index contributed by atoms with van der Waals surface area (Å²) in [7, 11) is -3.53. The van der Waals surface area contributed by atoms with Crippen LogP contribution in [0.2, 0.25) is 0 Å². The summed E-state index contributed by atoms with van der Waals surface area (Å²) in [5.74, 6) is 0.0941. The number of nitrogens with zero attached hydrogens (tertiary/aromatic N) is 2. The van der Waals surface area contributed by atoms with Crippen molar-refractivity contribution >= 4 is 27.3 Å². The fourth-order valence-corrected chi connectivity index (χ4v) is 7.49. The van der Waals surface area contributed by atoms with Gasteiger partial charge in [0.15, 0.2) is 0 Å². The van der Waals surface area contributed by atoms with Crippen LogP contribution in [-0.4, -0.2) is 62.9 Å². The molecule has 4 rings (SSSR count). The molecule has 0 N–H and O–H groups in total. The van der Waals surface area contributed by atoms with Crippen LogP contribution in [0.1, 0.15) is 28.2 Å². The van der Waals surface area contributed by atoms with Gasteiger partial charge in [-0.25, -0.2) is 8.42 Å². The summed E-state index contributed by atoms with van der Waals surface area (Å²) in [6.07, 6.45) is 1.31. The second-order valence-electron chi connectivity index (χ2n) is 8.03. The van der Waals surface area contributed by atoms with E-state index in [9.17, 15) is 13.2 Å². The van der Waals surface area contributed by atoms with Gasteiger partial charge in [0.05, 0.1) is 10.3 Å². The topological polar surface area (TPSA) is 66.9 Å². The van der Waals surface area contributed by atoms with Crippen LogP contribution < -0.4 is 0 Å². The highest BCUT2D eigenvalue weighted by Crippen LogP contribution is 2.37. The van der Waals surface area contributed by atoms with Crippen molar-refractivity contribution in [1.29, 1.82) is 0 Å². The van der Waals surface area contributed by atoms with Crippen molar-refractivity contribution in [3.05, 3.63) is 51.7 Å². The van der Waals surface area contributed by atoms with Gasteiger partial charge in [0.25, 0.3) is 0 Å². The number of hydrogen-bond acceptors (Lipinski definition) is 5. The van der Waals surface area contributed by atoms with Gasteiger partial charge in [0.2, 0.25) is 15.9 Å². The van der Waals surface area contributed by atoms with E-state index < -0.39 is 15.4 Å². The third-order valence-electron chi connectivity index (χ3n) is 6.22. The smallest absolute Gasteiger partial charge is 0.244 e. The van der Waals surface area contributed by atoms with Crippen LogP contribution in [0.4, 0.5) is 0 Å². The largest absolute Gasteiger partial charge is 0.381 e. The lowest BCUT2D eigenvalue weighted by Crippen LogP contribution is -2.56. The molecule has 2 aliphatic heterocycles. The number of aryl methyl sites for hydroxylation is 2. The number of carbonyl (C=O) groups excluding carboxylic acids is 1. The lowest BCUT2D eigenvalue weighted by Gasteiger charge is -2.42. The lowest BCUT2D eigenvalue weighted by atomic mass is 9.73. The van der Waals surface area contributed by atoms with E-state index in [0.717, 1.165) is 15.3 Å². The zero-order chi connectivity index (χ0) is 21.4. The maximum Gasteiger partial charge on any atom is 0.244 e. The molecule has 0 atom stereocenters. The van der Waals surface area contributed by atoms with Crippen molar-refractivity contribution in [2.75, 3.05) is 39.4 Å². The minimum atomic E-state index is -3.53. The summed E-state index contributed by atoms with van der Waals surface area (Å²) in [4.78, 5) is 17.7. The molecular weight excluding hydrogens is 420 g/mol. The number of ether oxygens (including phenoxy) is 1. The minimum absolute atomic E-state index is 0.0941. The van der Waals surface area contributed by atoms with E-state index in [0.29, 0.717) is 57.1 Å². The molecule has 2 saturated heterocycles. The van der Waals surface area contributed by atoms with E-state index >= 15 is 0 Å². The molecule has 2 aromatic rings. The number of carbonyl (C=O) groups is 1. The third-order valence-corrected chi connectivity index (χ3v) is 9.34. The first-order valence-corrected chi connectivity index (χ1v) is 12.6. The molecule has 0 aliphatic carbocycles. The van der Waals surface area contributed by atoms with Crippen molar-refractivity contribution < 1.29 is 17.9 Å². The van der Waals surface area contributed by atoms with Crippen LogP contribution in [-0.2, 0) is 25.0 Å². The number of rotatable bonds is 4. The van der Waals surface area contributed by atoms with E-state index in [1.807, 2.05) is 49.1 Å². The van der Waals surface area contributed by atoms with Crippen molar-refractivity contribution in [2.45, 2.75) is 37.0 Å². The van der Waals surface area contributed by atoms with E-state index in [4.69, 9.17) is 4.74 Å². The monoisotopic (exact) mass is 448 g/mol. The molecule has 2 fully saturated rings. The predicted molar refractivity (Wildman–Crippen MR) is 117 cm³/mol. The minimum Gasteiger partial charge on any atom is -0.381 e. The maximum atomic E-state index is 13.7. The zero-order valence-corrected chi connectivity index (χ0v) is 19.1. The highest BCUT2D eigenvalue weighted by Gasteiger charge is 2.45. The normalized spacial score (nSPS) is 20.3. The van der Waals surface area contributed by atoms with Gasteiger partial charge in [-0.05, 0) is 38.3 Å². The Kier molecular flexibility index (Phi) is 6.03. The Morgan fingerprint density at radius 2 is 1.67 bits per heavy atom. The van der Waals surface area contributed by atoms with Crippen LogP contribution in [0.25, 0.3) is 0 Å². The second kappa shape index (κ2) is 8.42. The summed E-state index contributed by atoms with van der Waals surface area (Å²) < 4.78 is 33.3. The van der Waals surface area contributed by atoms with Gasteiger partial charge in [0.1, 0.15) is 0 Å². The molecule has 3 heterocycles. The summed E-state index contributed by atoms with van der Waals surface area (Å²) in [6, 6.07) is 11.7. The number of hydrogen-bond donors (Lipinski definition) is 0. The molecular formula is C22H28N2O4S2.